The fraction of sp³-hybridized carbons (Fsp3) is 0.536. The Bertz CT molecular complexity index is 1320. The number of aryl methyl sites for hydroxylation is 1. The summed E-state index contributed by atoms with van der Waals surface area (Å²) in [6.45, 7) is 10.9. The van der Waals surface area contributed by atoms with Crippen LogP contribution in [0.3, 0.4) is 0 Å². The van der Waals surface area contributed by atoms with Crippen LogP contribution in [-0.2, 0) is 35.4 Å². The van der Waals surface area contributed by atoms with Gasteiger partial charge in [0.15, 0.2) is 5.79 Å². The Morgan fingerprint density at radius 3 is 2.41 bits per heavy atom. The quantitative estimate of drug-likeness (QED) is 0.418. The van der Waals surface area contributed by atoms with Gasteiger partial charge in [-0.1, -0.05) is 19.1 Å². The van der Waals surface area contributed by atoms with E-state index in [1.54, 1.807) is 26.0 Å². The summed E-state index contributed by atoms with van der Waals surface area (Å²) in [5, 5.41) is 0. The first-order valence-electron chi connectivity index (χ1n) is 12.8. The number of sulfonamides is 1. The maximum Gasteiger partial charge on any atom is 0.308 e. The van der Waals surface area contributed by atoms with E-state index in [1.807, 2.05) is 39.8 Å². The summed E-state index contributed by atoms with van der Waals surface area (Å²) in [5.74, 6) is -1.67. The number of hydrogen-bond donors (Lipinski definition) is 0. The molecule has 2 heterocycles. The van der Waals surface area contributed by atoms with Crippen molar-refractivity contribution in [3.05, 3.63) is 47.4 Å². The molecule has 0 saturated carbocycles. The molecule has 11 heteroatoms. The molecule has 2 atom stereocenters. The molecule has 0 radical (unpaired) electrons. The number of benzene rings is 1. The molecule has 39 heavy (non-hydrogen) atoms. The van der Waals surface area contributed by atoms with Gasteiger partial charge >= 0.3 is 5.97 Å². The Balaban J connectivity index is 1.99. The number of aromatic nitrogens is 2. The summed E-state index contributed by atoms with van der Waals surface area (Å²) in [6.07, 6.45) is 4.95. The molecular weight excluding hydrogens is 525 g/mol. The minimum Gasteiger partial charge on any atom is -0.460 e. The highest BCUT2D eigenvalue weighted by Gasteiger charge is 2.36. The molecule has 0 N–H and O–H groups in total. The average Bonchev–Trinajstić information content (AvgIpc) is 2.79. The van der Waals surface area contributed by atoms with Crippen LogP contribution in [0.2, 0.25) is 0 Å². The van der Waals surface area contributed by atoms with Crippen molar-refractivity contribution in [3.8, 4) is 11.3 Å². The van der Waals surface area contributed by atoms with Crippen molar-refractivity contribution in [1.29, 1.82) is 0 Å². The largest absolute Gasteiger partial charge is 0.460 e. The SMILES string of the molecule is CCc1nc(N(C)S(C)(=O)=O)nc(-c2ccc(F)cc2)c1/C=C/[C@@H]1C[C@H](CC(=O)OC(C)(C)C)OC(C)(C)O1. The minimum absolute atomic E-state index is 0.0201. The van der Waals surface area contributed by atoms with E-state index in [1.165, 1.54) is 19.2 Å². The fourth-order valence-corrected chi connectivity index (χ4v) is 4.61. The van der Waals surface area contributed by atoms with Crippen molar-refractivity contribution < 1.29 is 31.8 Å². The van der Waals surface area contributed by atoms with Gasteiger partial charge in [-0.25, -0.2) is 27.1 Å². The van der Waals surface area contributed by atoms with Gasteiger partial charge in [0, 0.05) is 24.6 Å². The standard InChI is InChI=1S/C28H38FN3O6S/c1-9-23-22(15-14-20-16-21(37-28(5,6)36-20)17-24(33)38-27(2,3)4)25(18-10-12-19(29)13-11-18)31-26(30-23)32(7)39(8,34)35/h10-15,20-21H,9,16-17H2,1-8H3/b15-14+/t20-,21-/m1/s1. The van der Waals surface area contributed by atoms with Gasteiger partial charge in [-0.15, -0.1) is 0 Å². The topological polar surface area (TPSA) is 108 Å². The maximum atomic E-state index is 13.7. The first-order valence-corrected chi connectivity index (χ1v) is 14.7. The van der Waals surface area contributed by atoms with E-state index in [9.17, 15) is 17.6 Å². The minimum atomic E-state index is -3.61. The molecule has 9 nitrogen and oxygen atoms in total. The predicted molar refractivity (Wildman–Crippen MR) is 148 cm³/mol. The van der Waals surface area contributed by atoms with E-state index in [-0.39, 0.29) is 18.3 Å². The Kier molecular flexibility index (Phi) is 9.19. The van der Waals surface area contributed by atoms with Crippen LogP contribution >= 0.6 is 0 Å². The van der Waals surface area contributed by atoms with Crippen LogP contribution in [0.1, 0.15) is 65.6 Å². The third kappa shape index (κ3) is 8.55. The molecule has 1 aromatic carbocycles. The number of rotatable bonds is 8. The van der Waals surface area contributed by atoms with E-state index in [0.717, 1.165) is 10.6 Å². The molecule has 0 bridgehead atoms. The number of esters is 1. The summed E-state index contributed by atoms with van der Waals surface area (Å²) < 4.78 is 56.7. The van der Waals surface area contributed by atoms with Crippen molar-refractivity contribution in [2.45, 2.75) is 84.4 Å². The lowest BCUT2D eigenvalue weighted by molar-refractivity contribution is -0.290. The first-order chi connectivity index (χ1) is 18.0. The van der Waals surface area contributed by atoms with Crippen LogP contribution < -0.4 is 4.31 Å². The Morgan fingerprint density at radius 1 is 1.21 bits per heavy atom. The van der Waals surface area contributed by atoms with Gasteiger partial charge in [0.25, 0.3) is 0 Å². The lowest BCUT2D eigenvalue weighted by Gasteiger charge is -2.39. The zero-order chi connectivity index (χ0) is 29.2. The molecule has 0 unspecified atom stereocenters. The van der Waals surface area contributed by atoms with Crippen LogP contribution in [-0.4, -0.2) is 61.3 Å². The van der Waals surface area contributed by atoms with Crippen LogP contribution in [0.15, 0.2) is 30.3 Å². The number of hydrogen-bond acceptors (Lipinski definition) is 8. The second-order valence-corrected chi connectivity index (χ2v) is 13.0. The van der Waals surface area contributed by atoms with E-state index >= 15 is 0 Å². The summed E-state index contributed by atoms with van der Waals surface area (Å²) in [7, 11) is -2.23. The highest BCUT2D eigenvalue weighted by molar-refractivity contribution is 7.92. The first kappa shape index (κ1) is 30.6. The van der Waals surface area contributed by atoms with Crippen molar-refractivity contribution in [1.82, 2.24) is 9.97 Å². The molecule has 0 amide bonds. The highest BCUT2D eigenvalue weighted by Crippen LogP contribution is 2.32. The second kappa shape index (κ2) is 11.7. The van der Waals surface area contributed by atoms with Crippen LogP contribution in [0.25, 0.3) is 17.3 Å². The number of halogens is 1. The molecule has 1 fully saturated rings. The zero-order valence-corrected chi connectivity index (χ0v) is 24.6. The smallest absolute Gasteiger partial charge is 0.308 e. The molecule has 3 rings (SSSR count). The normalized spacial score (nSPS) is 19.7. The molecule has 0 spiro atoms. The second-order valence-electron chi connectivity index (χ2n) is 11.0. The lowest BCUT2D eigenvalue weighted by atomic mass is 10.00. The van der Waals surface area contributed by atoms with E-state index in [4.69, 9.17) is 14.2 Å². The van der Waals surface area contributed by atoms with Gasteiger partial charge in [-0.05, 0) is 65.3 Å². The molecule has 1 saturated heterocycles. The third-order valence-electron chi connectivity index (χ3n) is 5.92. The van der Waals surface area contributed by atoms with Crippen LogP contribution in [0, 0.1) is 5.82 Å². The van der Waals surface area contributed by atoms with Crippen LogP contribution in [0.4, 0.5) is 10.3 Å². The Labute approximate surface area is 230 Å². The van der Waals surface area contributed by atoms with Gasteiger partial charge < -0.3 is 14.2 Å². The zero-order valence-electron chi connectivity index (χ0n) is 23.8. The van der Waals surface area contributed by atoms with Gasteiger partial charge in [0.2, 0.25) is 16.0 Å². The number of carbonyl (C=O) groups is 1. The highest BCUT2D eigenvalue weighted by atomic mass is 32.2. The van der Waals surface area contributed by atoms with Crippen molar-refractivity contribution in [2.24, 2.45) is 0 Å². The summed E-state index contributed by atoms with van der Waals surface area (Å²) in [5.41, 5.74) is 1.74. The van der Waals surface area contributed by atoms with Gasteiger partial charge in [-0.2, -0.15) is 0 Å². The Hall–Kier alpha value is -2.89. The summed E-state index contributed by atoms with van der Waals surface area (Å²) >= 11 is 0. The molecule has 1 aliphatic heterocycles. The van der Waals surface area contributed by atoms with Crippen molar-refractivity contribution in [3.63, 3.8) is 0 Å². The molecule has 1 aromatic heterocycles. The van der Waals surface area contributed by atoms with Gasteiger partial charge in [0.05, 0.1) is 36.3 Å². The third-order valence-corrected chi connectivity index (χ3v) is 7.08. The molecule has 1 aliphatic rings. The van der Waals surface area contributed by atoms with E-state index in [2.05, 4.69) is 9.97 Å². The van der Waals surface area contributed by atoms with Crippen molar-refractivity contribution >= 4 is 28.0 Å². The van der Waals surface area contributed by atoms with Gasteiger partial charge in [0.1, 0.15) is 11.4 Å². The molecule has 2 aromatic rings. The number of anilines is 1. The number of ether oxygens (including phenoxy) is 3. The lowest BCUT2D eigenvalue weighted by Crippen LogP contribution is -2.45. The number of nitrogens with zero attached hydrogens (tertiary/aromatic N) is 3. The van der Waals surface area contributed by atoms with Crippen molar-refractivity contribution in [2.75, 3.05) is 17.6 Å². The molecule has 0 aliphatic carbocycles. The summed E-state index contributed by atoms with van der Waals surface area (Å²) in [4.78, 5) is 21.5. The van der Waals surface area contributed by atoms with Gasteiger partial charge in [-0.3, -0.25) is 4.79 Å². The fourth-order valence-electron chi connectivity index (χ4n) is 4.23. The molecular formula is C28H38FN3O6S. The van der Waals surface area contributed by atoms with E-state index < -0.39 is 39.4 Å². The summed E-state index contributed by atoms with van der Waals surface area (Å²) in [6, 6.07) is 5.82. The predicted octanol–water partition coefficient (Wildman–Crippen LogP) is 4.90. The monoisotopic (exact) mass is 563 g/mol. The Morgan fingerprint density at radius 2 is 1.85 bits per heavy atom. The van der Waals surface area contributed by atoms with E-state index in [0.29, 0.717) is 35.4 Å². The molecule has 214 valence electrons. The maximum absolute atomic E-state index is 13.7. The number of carbonyl (C=O) groups excluding carboxylic acids is 1. The van der Waals surface area contributed by atoms with Crippen LogP contribution in [0.5, 0.6) is 0 Å². The average molecular weight is 564 g/mol.